The second-order valence-corrected chi connectivity index (χ2v) is 10.5. The lowest BCUT2D eigenvalue weighted by molar-refractivity contribution is -0.116. The van der Waals surface area contributed by atoms with E-state index in [1.807, 2.05) is 6.92 Å². The molecule has 2 heterocycles. The monoisotopic (exact) mass is 512 g/mol. The Kier molecular flexibility index (Phi) is 7.51. The number of anilines is 1. The van der Waals surface area contributed by atoms with E-state index in [1.165, 1.54) is 45.4 Å². The van der Waals surface area contributed by atoms with Crippen LogP contribution in [0.25, 0.3) is 10.9 Å². The molecular weight excluding hydrogens is 484 g/mol. The number of rotatable bonds is 7. The number of piperidine rings is 1. The van der Waals surface area contributed by atoms with Gasteiger partial charge >= 0.3 is 11.7 Å². The quantitative estimate of drug-likeness (QED) is 0.482. The molecule has 0 radical (unpaired) electrons. The van der Waals surface area contributed by atoms with Crippen LogP contribution < -0.4 is 11.0 Å². The standard InChI is InChI=1S/C25H28N4O6S/c1-3-35-24(31)18-7-9-20(10-8-18)27-23(30)16-28-22-12-11-21(14-19(22)15-26-25(28)32)36(33,34)29-13-5-4-6-17(29)2/h7-12,14-15,17H,3-6,13,16H2,1-2H3,(H,27,30)/t17-/m1/s1. The van der Waals surface area contributed by atoms with E-state index in [0.717, 1.165) is 19.3 Å². The number of nitrogens with zero attached hydrogens (tertiary/aromatic N) is 3. The molecule has 0 bridgehead atoms. The van der Waals surface area contributed by atoms with Gasteiger partial charge in [-0.25, -0.2) is 23.0 Å². The third-order valence-electron chi connectivity index (χ3n) is 6.16. The molecule has 36 heavy (non-hydrogen) atoms. The lowest BCUT2D eigenvalue weighted by Gasteiger charge is -2.32. The van der Waals surface area contributed by atoms with Crippen molar-refractivity contribution >= 4 is 38.5 Å². The van der Waals surface area contributed by atoms with Crippen molar-refractivity contribution in [2.75, 3.05) is 18.5 Å². The average Bonchev–Trinajstić information content (AvgIpc) is 2.86. The summed E-state index contributed by atoms with van der Waals surface area (Å²) in [5, 5.41) is 3.12. The minimum Gasteiger partial charge on any atom is -0.462 e. The van der Waals surface area contributed by atoms with Crippen molar-refractivity contribution in [3.8, 4) is 0 Å². The summed E-state index contributed by atoms with van der Waals surface area (Å²) in [6.45, 7) is 4.03. The molecule has 1 N–H and O–H groups in total. The van der Waals surface area contributed by atoms with Gasteiger partial charge < -0.3 is 10.1 Å². The SMILES string of the molecule is CCOC(=O)c1ccc(NC(=O)Cn2c(=O)ncc3cc(S(=O)(=O)N4CCCC[C@H]4C)ccc32)cc1. The predicted octanol–water partition coefficient (Wildman–Crippen LogP) is 2.78. The summed E-state index contributed by atoms with van der Waals surface area (Å²) >= 11 is 0. The van der Waals surface area contributed by atoms with Gasteiger partial charge in [-0.05, 0) is 69.2 Å². The molecule has 3 aromatic rings. The van der Waals surface area contributed by atoms with Crippen LogP contribution in [0, 0.1) is 0 Å². The van der Waals surface area contributed by atoms with E-state index in [2.05, 4.69) is 10.3 Å². The number of hydrogen-bond donors (Lipinski definition) is 1. The van der Waals surface area contributed by atoms with Gasteiger partial charge in [0.1, 0.15) is 6.54 Å². The van der Waals surface area contributed by atoms with Gasteiger partial charge in [0.2, 0.25) is 15.9 Å². The molecule has 1 aromatic heterocycles. The van der Waals surface area contributed by atoms with Crippen molar-refractivity contribution in [3.63, 3.8) is 0 Å². The Morgan fingerprint density at radius 1 is 1.14 bits per heavy atom. The van der Waals surface area contributed by atoms with Crippen LogP contribution in [0.2, 0.25) is 0 Å². The van der Waals surface area contributed by atoms with Gasteiger partial charge in [-0.3, -0.25) is 9.36 Å². The van der Waals surface area contributed by atoms with Crippen molar-refractivity contribution in [2.45, 2.75) is 50.6 Å². The Hall–Kier alpha value is -3.57. The Morgan fingerprint density at radius 2 is 1.89 bits per heavy atom. The topological polar surface area (TPSA) is 128 Å². The van der Waals surface area contributed by atoms with Crippen molar-refractivity contribution < 1.29 is 22.7 Å². The first-order valence-electron chi connectivity index (χ1n) is 11.8. The van der Waals surface area contributed by atoms with Gasteiger partial charge in [0.15, 0.2) is 0 Å². The maximum atomic E-state index is 13.2. The average molecular weight is 513 g/mol. The molecule has 1 saturated heterocycles. The van der Waals surface area contributed by atoms with Crippen LogP contribution in [-0.2, 0) is 26.1 Å². The summed E-state index contributed by atoms with van der Waals surface area (Å²) in [6.07, 6.45) is 3.95. The number of amides is 1. The Labute approximate surface area is 208 Å². The van der Waals surface area contributed by atoms with Crippen molar-refractivity contribution in [1.29, 1.82) is 0 Å². The number of benzene rings is 2. The predicted molar refractivity (Wildman–Crippen MR) is 134 cm³/mol. The summed E-state index contributed by atoms with van der Waals surface area (Å²) in [4.78, 5) is 40.9. The van der Waals surface area contributed by atoms with Crippen molar-refractivity contribution in [1.82, 2.24) is 13.9 Å². The molecule has 2 aromatic carbocycles. The number of fused-ring (bicyclic) bond motifs is 1. The third kappa shape index (κ3) is 5.31. The molecule has 1 atom stereocenters. The highest BCUT2D eigenvalue weighted by atomic mass is 32.2. The summed E-state index contributed by atoms with van der Waals surface area (Å²) in [7, 11) is -3.70. The largest absolute Gasteiger partial charge is 0.462 e. The van der Waals surface area contributed by atoms with Crippen LogP contribution in [0.15, 0.2) is 58.4 Å². The van der Waals surface area contributed by atoms with E-state index in [-0.39, 0.29) is 24.1 Å². The van der Waals surface area contributed by atoms with Crippen LogP contribution in [0.1, 0.15) is 43.5 Å². The molecule has 0 saturated carbocycles. The maximum Gasteiger partial charge on any atom is 0.348 e. The normalized spacial score (nSPS) is 16.6. The van der Waals surface area contributed by atoms with E-state index < -0.39 is 27.6 Å². The van der Waals surface area contributed by atoms with E-state index >= 15 is 0 Å². The minimum atomic E-state index is -3.70. The molecule has 0 aliphatic carbocycles. The Morgan fingerprint density at radius 3 is 2.58 bits per heavy atom. The third-order valence-corrected chi connectivity index (χ3v) is 8.17. The van der Waals surface area contributed by atoms with E-state index in [4.69, 9.17) is 4.74 Å². The van der Waals surface area contributed by atoms with Crippen LogP contribution in [0.4, 0.5) is 5.69 Å². The number of sulfonamides is 1. The first-order valence-corrected chi connectivity index (χ1v) is 13.2. The fourth-order valence-electron chi connectivity index (χ4n) is 4.31. The number of esters is 1. The van der Waals surface area contributed by atoms with Gasteiger partial charge in [0.25, 0.3) is 0 Å². The van der Waals surface area contributed by atoms with Gasteiger partial charge in [0.05, 0.1) is 22.6 Å². The number of ether oxygens (including phenoxy) is 1. The maximum absolute atomic E-state index is 13.2. The van der Waals surface area contributed by atoms with Gasteiger partial charge in [-0.2, -0.15) is 4.31 Å². The first kappa shape index (κ1) is 25.5. The lowest BCUT2D eigenvalue weighted by Crippen LogP contribution is -2.41. The highest BCUT2D eigenvalue weighted by Crippen LogP contribution is 2.27. The number of carbonyl (C=O) groups is 2. The smallest absolute Gasteiger partial charge is 0.348 e. The summed E-state index contributed by atoms with van der Waals surface area (Å²) in [6, 6.07) is 10.6. The first-order chi connectivity index (χ1) is 17.2. The molecule has 11 heteroatoms. The highest BCUT2D eigenvalue weighted by Gasteiger charge is 2.31. The molecule has 10 nitrogen and oxygen atoms in total. The summed E-state index contributed by atoms with van der Waals surface area (Å²) < 4.78 is 34.1. The molecule has 4 rings (SSSR count). The molecule has 190 valence electrons. The van der Waals surface area contributed by atoms with Gasteiger partial charge in [0, 0.05) is 29.9 Å². The molecular formula is C25H28N4O6S. The minimum absolute atomic E-state index is 0.0819. The number of aromatic nitrogens is 2. The number of carbonyl (C=O) groups excluding carboxylic acids is 2. The molecule has 0 spiro atoms. The van der Waals surface area contributed by atoms with E-state index in [9.17, 15) is 22.8 Å². The molecule has 1 aliphatic heterocycles. The van der Waals surface area contributed by atoms with Crippen molar-refractivity contribution in [3.05, 3.63) is 64.7 Å². The zero-order valence-corrected chi connectivity index (χ0v) is 21.0. The number of hydrogen-bond acceptors (Lipinski definition) is 7. The molecule has 1 aliphatic rings. The highest BCUT2D eigenvalue weighted by molar-refractivity contribution is 7.89. The van der Waals surface area contributed by atoms with E-state index in [0.29, 0.717) is 28.7 Å². The fraction of sp³-hybridized carbons (Fsp3) is 0.360. The number of nitrogens with one attached hydrogen (secondary N) is 1. The Balaban J connectivity index is 1.55. The second-order valence-electron chi connectivity index (χ2n) is 8.65. The Bertz CT molecular complexity index is 1450. The summed E-state index contributed by atoms with van der Waals surface area (Å²) in [5.74, 6) is -0.936. The van der Waals surface area contributed by atoms with Crippen LogP contribution in [0.3, 0.4) is 0 Å². The fourth-order valence-corrected chi connectivity index (χ4v) is 6.04. The summed E-state index contributed by atoms with van der Waals surface area (Å²) in [5.41, 5.74) is 0.566. The lowest BCUT2D eigenvalue weighted by atomic mass is 10.1. The van der Waals surface area contributed by atoms with Gasteiger partial charge in [-0.15, -0.1) is 0 Å². The molecule has 1 amide bonds. The second kappa shape index (κ2) is 10.6. The van der Waals surface area contributed by atoms with Gasteiger partial charge in [-0.1, -0.05) is 6.42 Å². The van der Waals surface area contributed by atoms with E-state index in [1.54, 1.807) is 19.1 Å². The van der Waals surface area contributed by atoms with Crippen LogP contribution in [0.5, 0.6) is 0 Å². The van der Waals surface area contributed by atoms with Crippen molar-refractivity contribution in [2.24, 2.45) is 0 Å². The molecule has 1 fully saturated rings. The van der Waals surface area contributed by atoms with Crippen LogP contribution >= 0.6 is 0 Å². The molecule has 0 unspecified atom stereocenters. The van der Waals surface area contributed by atoms with Crippen LogP contribution in [-0.4, -0.2) is 53.3 Å². The zero-order valence-electron chi connectivity index (χ0n) is 20.1. The zero-order chi connectivity index (χ0) is 25.9.